The van der Waals surface area contributed by atoms with Gasteiger partial charge in [0.15, 0.2) is 0 Å². The summed E-state index contributed by atoms with van der Waals surface area (Å²) in [4.78, 5) is 12.3. The molecule has 0 aromatic rings. The number of aliphatic hydroxyl groups is 1. The highest BCUT2D eigenvalue weighted by atomic mass is 16.3. The van der Waals surface area contributed by atoms with Crippen LogP contribution in [0, 0.1) is 35.0 Å². The fourth-order valence-corrected chi connectivity index (χ4v) is 6.85. The number of Topliss-reactive ketones (excluding diaryl/α,β-unsaturated/α-hetero) is 1. The number of rotatable bonds is 0. The van der Waals surface area contributed by atoms with Crippen LogP contribution >= 0.6 is 0 Å². The summed E-state index contributed by atoms with van der Waals surface area (Å²) in [7, 11) is 0. The Kier molecular flexibility index (Phi) is 3.10. The Bertz CT molecular complexity index is 454. The van der Waals surface area contributed by atoms with E-state index >= 15 is 0 Å². The first-order valence-corrected chi connectivity index (χ1v) is 9.16. The van der Waals surface area contributed by atoms with Crippen LogP contribution in [0.2, 0.25) is 0 Å². The van der Waals surface area contributed by atoms with Crippen LogP contribution in [0.4, 0.5) is 0 Å². The lowest BCUT2D eigenvalue weighted by molar-refractivity contribution is -0.134. The zero-order valence-corrected chi connectivity index (χ0v) is 13.6. The number of ketones is 1. The lowest BCUT2D eigenvalue weighted by atomic mass is 9.50. The number of fused-ring (bicyclic) bond motifs is 5. The fourth-order valence-electron chi connectivity index (χ4n) is 6.85. The van der Waals surface area contributed by atoms with Gasteiger partial charge in [0.05, 0.1) is 5.60 Å². The molecule has 2 unspecified atom stereocenters. The van der Waals surface area contributed by atoms with E-state index < -0.39 is 5.60 Å². The standard InChI is InChI=1S/C19H30O2/c1-18(21)9-7-13-12(11-18)3-4-15-14(13)8-10-19(2)16(15)5-6-17(19)20/h12-16,21H,3-11H2,1-2H3/t12-,13+,14-,15?,16+,18?,19+/m1/s1. The van der Waals surface area contributed by atoms with Crippen molar-refractivity contribution in [2.75, 3.05) is 0 Å². The fraction of sp³-hybridized carbons (Fsp3) is 0.947. The van der Waals surface area contributed by atoms with Crippen molar-refractivity contribution in [3.05, 3.63) is 0 Å². The summed E-state index contributed by atoms with van der Waals surface area (Å²) >= 11 is 0. The van der Waals surface area contributed by atoms with Gasteiger partial charge >= 0.3 is 0 Å². The van der Waals surface area contributed by atoms with E-state index in [1.54, 1.807) is 0 Å². The summed E-state index contributed by atoms with van der Waals surface area (Å²) in [6.45, 7) is 4.30. The van der Waals surface area contributed by atoms with E-state index in [1.807, 2.05) is 6.92 Å². The zero-order chi connectivity index (χ0) is 14.8. The van der Waals surface area contributed by atoms with Crippen molar-refractivity contribution < 1.29 is 9.90 Å². The van der Waals surface area contributed by atoms with Crippen molar-refractivity contribution in [3.63, 3.8) is 0 Å². The molecule has 2 heteroatoms. The van der Waals surface area contributed by atoms with Crippen molar-refractivity contribution in [1.29, 1.82) is 0 Å². The highest BCUT2D eigenvalue weighted by Gasteiger charge is 2.57. The van der Waals surface area contributed by atoms with E-state index in [2.05, 4.69) is 6.92 Å². The molecule has 0 radical (unpaired) electrons. The second kappa shape index (κ2) is 4.57. The molecule has 4 rings (SSSR count). The molecule has 0 aromatic heterocycles. The maximum atomic E-state index is 12.3. The Morgan fingerprint density at radius 1 is 0.952 bits per heavy atom. The van der Waals surface area contributed by atoms with Crippen LogP contribution in [0.5, 0.6) is 0 Å². The van der Waals surface area contributed by atoms with Gasteiger partial charge in [-0.2, -0.15) is 0 Å². The molecule has 0 spiro atoms. The molecule has 1 N–H and O–H groups in total. The van der Waals surface area contributed by atoms with E-state index in [-0.39, 0.29) is 5.41 Å². The Morgan fingerprint density at radius 3 is 2.52 bits per heavy atom. The van der Waals surface area contributed by atoms with Crippen LogP contribution in [0.3, 0.4) is 0 Å². The van der Waals surface area contributed by atoms with Crippen LogP contribution in [0.1, 0.15) is 71.6 Å². The summed E-state index contributed by atoms with van der Waals surface area (Å²) < 4.78 is 0. The smallest absolute Gasteiger partial charge is 0.139 e. The highest BCUT2D eigenvalue weighted by molar-refractivity contribution is 5.87. The molecule has 0 bridgehead atoms. The van der Waals surface area contributed by atoms with Crippen molar-refractivity contribution in [2.24, 2.45) is 35.0 Å². The average Bonchev–Trinajstić information content (AvgIpc) is 2.73. The summed E-state index contributed by atoms with van der Waals surface area (Å²) in [6.07, 6.45) is 10.2. The van der Waals surface area contributed by atoms with Gasteiger partial charge in [-0.15, -0.1) is 0 Å². The van der Waals surface area contributed by atoms with Gasteiger partial charge in [0, 0.05) is 11.8 Å². The minimum absolute atomic E-state index is 0.0220. The van der Waals surface area contributed by atoms with Crippen LogP contribution in [0.15, 0.2) is 0 Å². The molecule has 7 atom stereocenters. The van der Waals surface area contributed by atoms with E-state index in [0.29, 0.717) is 11.7 Å². The van der Waals surface area contributed by atoms with E-state index in [1.165, 1.54) is 25.7 Å². The van der Waals surface area contributed by atoms with Gasteiger partial charge in [-0.25, -0.2) is 0 Å². The molecule has 0 saturated heterocycles. The first kappa shape index (κ1) is 14.2. The van der Waals surface area contributed by atoms with Gasteiger partial charge in [-0.3, -0.25) is 4.79 Å². The third-order valence-electron chi connectivity index (χ3n) is 7.95. The molecule has 4 fully saturated rings. The summed E-state index contributed by atoms with van der Waals surface area (Å²) in [6, 6.07) is 0. The van der Waals surface area contributed by atoms with Crippen molar-refractivity contribution in [3.8, 4) is 0 Å². The van der Waals surface area contributed by atoms with Gasteiger partial charge in [0.2, 0.25) is 0 Å². The Morgan fingerprint density at radius 2 is 1.71 bits per heavy atom. The molecule has 4 aliphatic rings. The lowest BCUT2D eigenvalue weighted by Gasteiger charge is -2.55. The number of carbonyl (C=O) groups excluding carboxylic acids is 1. The first-order valence-electron chi connectivity index (χ1n) is 9.16. The molecule has 118 valence electrons. The molecule has 2 nitrogen and oxygen atoms in total. The quantitative estimate of drug-likeness (QED) is 0.733. The molecule has 0 amide bonds. The second-order valence-electron chi connectivity index (χ2n) is 9.09. The molecule has 4 saturated carbocycles. The van der Waals surface area contributed by atoms with Crippen molar-refractivity contribution in [2.45, 2.75) is 77.2 Å². The van der Waals surface area contributed by atoms with Gasteiger partial charge in [-0.05, 0) is 87.9 Å². The van der Waals surface area contributed by atoms with Gasteiger partial charge in [-0.1, -0.05) is 6.92 Å². The number of hydrogen-bond acceptors (Lipinski definition) is 2. The summed E-state index contributed by atoms with van der Waals surface area (Å²) in [5.41, 5.74) is -0.394. The second-order valence-corrected chi connectivity index (χ2v) is 9.09. The number of carbonyl (C=O) groups is 1. The molecule has 0 aromatic carbocycles. The molecule has 21 heavy (non-hydrogen) atoms. The van der Waals surface area contributed by atoms with Crippen LogP contribution in [0.25, 0.3) is 0 Å². The van der Waals surface area contributed by atoms with E-state index in [0.717, 1.165) is 55.8 Å². The van der Waals surface area contributed by atoms with Crippen molar-refractivity contribution in [1.82, 2.24) is 0 Å². The predicted molar refractivity (Wildman–Crippen MR) is 82.7 cm³/mol. The third kappa shape index (κ3) is 2.04. The molecule has 4 aliphatic carbocycles. The topological polar surface area (TPSA) is 37.3 Å². The van der Waals surface area contributed by atoms with E-state index in [9.17, 15) is 9.90 Å². The molecule has 0 heterocycles. The van der Waals surface area contributed by atoms with Gasteiger partial charge in [0.1, 0.15) is 5.78 Å². The van der Waals surface area contributed by atoms with Crippen LogP contribution in [-0.4, -0.2) is 16.5 Å². The molecule has 0 aliphatic heterocycles. The van der Waals surface area contributed by atoms with Crippen LogP contribution in [-0.2, 0) is 4.79 Å². The monoisotopic (exact) mass is 290 g/mol. The normalized spacial score (nSPS) is 56.5. The van der Waals surface area contributed by atoms with Crippen molar-refractivity contribution >= 4 is 5.78 Å². The minimum Gasteiger partial charge on any atom is -0.390 e. The van der Waals surface area contributed by atoms with Gasteiger partial charge < -0.3 is 5.11 Å². The molecular formula is C19H30O2. The highest BCUT2D eigenvalue weighted by Crippen LogP contribution is 2.61. The maximum absolute atomic E-state index is 12.3. The van der Waals surface area contributed by atoms with Gasteiger partial charge in [0.25, 0.3) is 0 Å². The average molecular weight is 290 g/mol. The summed E-state index contributed by atoms with van der Waals surface area (Å²) in [5.74, 6) is 4.47. The molecular weight excluding hydrogens is 260 g/mol. The maximum Gasteiger partial charge on any atom is 0.139 e. The third-order valence-corrected chi connectivity index (χ3v) is 7.95. The van der Waals surface area contributed by atoms with Crippen LogP contribution < -0.4 is 0 Å². The first-order chi connectivity index (χ1) is 9.91. The predicted octanol–water partition coefficient (Wildman–Crippen LogP) is 3.96. The lowest BCUT2D eigenvalue weighted by Crippen LogP contribution is -2.50. The SMILES string of the molecule is CC1(O)CC[C@H]2[C@H](CCC3[C@@H]2CC[C@]2(C)C(=O)CC[C@@H]32)C1. The Balaban J connectivity index is 1.57. The Labute approximate surface area is 128 Å². The Hall–Kier alpha value is -0.370. The largest absolute Gasteiger partial charge is 0.390 e. The van der Waals surface area contributed by atoms with E-state index in [4.69, 9.17) is 0 Å². The number of hydrogen-bond donors (Lipinski definition) is 1. The minimum atomic E-state index is -0.416. The summed E-state index contributed by atoms with van der Waals surface area (Å²) in [5, 5.41) is 10.4. The zero-order valence-electron chi connectivity index (χ0n) is 13.6.